The van der Waals surface area contributed by atoms with Crippen molar-refractivity contribution >= 4 is 12.6 Å². The van der Waals surface area contributed by atoms with Crippen molar-refractivity contribution in [1.29, 1.82) is 0 Å². The van der Waals surface area contributed by atoms with E-state index >= 15 is 0 Å². The third-order valence-electron chi connectivity index (χ3n) is 4.02. The fraction of sp³-hybridized carbons (Fsp3) is 0.0909. The Hall–Kier alpha value is -2.32. The molecule has 0 heterocycles. The molecule has 120 valence electrons. The van der Waals surface area contributed by atoms with Crippen molar-refractivity contribution in [3.63, 3.8) is 0 Å². The van der Waals surface area contributed by atoms with E-state index in [-0.39, 0.29) is 5.82 Å². The Labute approximate surface area is 148 Å². The number of benzene rings is 3. The Kier molecular flexibility index (Phi) is 5.17. The zero-order valence-electron chi connectivity index (χ0n) is 13.5. The average Bonchev–Trinajstić information content (AvgIpc) is 2.61. The van der Waals surface area contributed by atoms with Crippen LogP contribution in [-0.2, 0) is 6.42 Å². The van der Waals surface area contributed by atoms with Crippen molar-refractivity contribution in [3.05, 3.63) is 90.3 Å². The second-order valence-corrected chi connectivity index (χ2v) is 6.23. The zero-order valence-corrected chi connectivity index (χ0v) is 14.4. The minimum Gasteiger partial charge on any atom is -0.206 e. The van der Waals surface area contributed by atoms with Gasteiger partial charge in [-0.1, -0.05) is 60.7 Å². The molecule has 0 saturated heterocycles. The van der Waals surface area contributed by atoms with Gasteiger partial charge in [-0.3, -0.25) is 0 Å². The first kappa shape index (κ1) is 16.5. The molecule has 0 amide bonds. The van der Waals surface area contributed by atoms with E-state index in [9.17, 15) is 4.39 Å². The molecule has 3 rings (SSSR count). The lowest BCUT2D eigenvalue weighted by Gasteiger charge is -2.08. The number of rotatable bonds is 4. The van der Waals surface area contributed by atoms with Crippen LogP contribution in [0.5, 0.6) is 0 Å². The van der Waals surface area contributed by atoms with E-state index in [4.69, 9.17) is 0 Å². The van der Waals surface area contributed by atoms with Crippen LogP contribution in [-0.4, -0.2) is 0 Å². The van der Waals surface area contributed by atoms with E-state index in [0.29, 0.717) is 5.56 Å². The van der Waals surface area contributed by atoms with Crippen LogP contribution in [0.25, 0.3) is 22.3 Å². The Morgan fingerprint density at radius 3 is 2.08 bits per heavy atom. The first-order chi connectivity index (χ1) is 11.7. The standard InChI is InChI=1S/C22H19FS/c1-2-3-4-16-5-7-18(8-6-16)21-14-11-19(15-22(21)23)17-9-12-20(24)13-10-17/h2-3,5-15,24H,4H2,1H3/b3-2+. The maximum absolute atomic E-state index is 14.6. The molecular weight excluding hydrogens is 315 g/mol. The van der Waals surface area contributed by atoms with E-state index in [0.717, 1.165) is 28.0 Å². The minimum absolute atomic E-state index is 0.205. The number of allylic oxidation sites excluding steroid dienone is 2. The Morgan fingerprint density at radius 1 is 0.833 bits per heavy atom. The highest BCUT2D eigenvalue weighted by Crippen LogP contribution is 2.28. The van der Waals surface area contributed by atoms with Gasteiger partial charge in [-0.25, -0.2) is 4.39 Å². The lowest BCUT2D eigenvalue weighted by Crippen LogP contribution is -1.88. The van der Waals surface area contributed by atoms with Gasteiger partial charge in [0.05, 0.1) is 0 Å². The minimum atomic E-state index is -0.205. The van der Waals surface area contributed by atoms with Crippen molar-refractivity contribution < 1.29 is 4.39 Å². The van der Waals surface area contributed by atoms with Gasteiger partial charge in [0.1, 0.15) is 5.82 Å². The van der Waals surface area contributed by atoms with Gasteiger partial charge in [0.2, 0.25) is 0 Å². The molecule has 0 N–H and O–H groups in total. The van der Waals surface area contributed by atoms with Crippen LogP contribution >= 0.6 is 12.6 Å². The molecule has 0 aliphatic heterocycles. The molecule has 2 heteroatoms. The molecule has 3 aromatic carbocycles. The van der Waals surface area contributed by atoms with Gasteiger partial charge in [-0.05, 0) is 53.8 Å². The average molecular weight is 334 g/mol. The predicted molar refractivity (Wildman–Crippen MR) is 103 cm³/mol. The summed E-state index contributed by atoms with van der Waals surface area (Å²) in [6.07, 6.45) is 5.05. The summed E-state index contributed by atoms with van der Waals surface area (Å²) in [5.41, 5.74) is 4.60. The highest BCUT2D eigenvalue weighted by atomic mass is 32.1. The Morgan fingerprint density at radius 2 is 1.46 bits per heavy atom. The monoisotopic (exact) mass is 334 g/mol. The SMILES string of the molecule is C/C=C/Cc1ccc(-c2ccc(-c3ccc(S)cc3)cc2F)cc1. The maximum atomic E-state index is 14.6. The van der Waals surface area contributed by atoms with Gasteiger partial charge in [0, 0.05) is 10.5 Å². The van der Waals surface area contributed by atoms with E-state index in [2.05, 4.69) is 18.7 Å². The van der Waals surface area contributed by atoms with Crippen LogP contribution in [0.15, 0.2) is 83.8 Å². The molecule has 0 fully saturated rings. The summed E-state index contributed by atoms with van der Waals surface area (Å²) in [6, 6.07) is 21.2. The third-order valence-corrected chi connectivity index (χ3v) is 4.32. The van der Waals surface area contributed by atoms with Crippen molar-refractivity contribution in [1.82, 2.24) is 0 Å². The molecule has 0 unspecified atom stereocenters. The molecule has 0 bridgehead atoms. The molecular formula is C22H19FS. The quantitative estimate of drug-likeness (QED) is 0.405. The van der Waals surface area contributed by atoms with E-state index < -0.39 is 0 Å². The summed E-state index contributed by atoms with van der Waals surface area (Å²) in [4.78, 5) is 0.897. The van der Waals surface area contributed by atoms with Crippen LogP contribution in [0.4, 0.5) is 4.39 Å². The van der Waals surface area contributed by atoms with E-state index in [1.165, 1.54) is 5.56 Å². The molecule has 0 spiro atoms. The summed E-state index contributed by atoms with van der Waals surface area (Å²) in [5.74, 6) is -0.205. The molecule has 0 aliphatic carbocycles. The molecule has 3 aromatic rings. The van der Waals surface area contributed by atoms with Crippen LogP contribution in [0.3, 0.4) is 0 Å². The summed E-state index contributed by atoms with van der Waals surface area (Å²) in [5, 5.41) is 0. The Balaban J connectivity index is 1.88. The van der Waals surface area contributed by atoms with Gasteiger partial charge in [-0.15, -0.1) is 12.6 Å². The van der Waals surface area contributed by atoms with Gasteiger partial charge >= 0.3 is 0 Å². The second-order valence-electron chi connectivity index (χ2n) is 5.71. The van der Waals surface area contributed by atoms with Crippen LogP contribution < -0.4 is 0 Å². The number of hydrogen-bond donors (Lipinski definition) is 1. The molecule has 0 radical (unpaired) electrons. The number of halogens is 1. The highest BCUT2D eigenvalue weighted by molar-refractivity contribution is 7.80. The predicted octanol–water partition coefficient (Wildman–Crippen LogP) is 6.57. The highest BCUT2D eigenvalue weighted by Gasteiger charge is 2.07. The number of thiol groups is 1. The third kappa shape index (κ3) is 3.77. The molecule has 0 atom stereocenters. The summed E-state index contributed by atoms with van der Waals surface area (Å²) < 4.78 is 14.6. The van der Waals surface area contributed by atoms with E-state index in [1.807, 2.05) is 73.7 Å². The first-order valence-corrected chi connectivity index (χ1v) is 8.41. The van der Waals surface area contributed by atoms with Crippen molar-refractivity contribution in [3.8, 4) is 22.3 Å². The summed E-state index contributed by atoms with van der Waals surface area (Å²) >= 11 is 4.28. The lowest BCUT2D eigenvalue weighted by atomic mass is 9.98. The normalized spacial score (nSPS) is 11.1. The van der Waals surface area contributed by atoms with Crippen LogP contribution in [0, 0.1) is 5.82 Å². The molecule has 0 aromatic heterocycles. The Bertz CT molecular complexity index is 846. The fourth-order valence-electron chi connectivity index (χ4n) is 2.66. The zero-order chi connectivity index (χ0) is 16.9. The molecule has 0 saturated carbocycles. The summed E-state index contributed by atoms with van der Waals surface area (Å²) in [7, 11) is 0. The van der Waals surface area contributed by atoms with Crippen molar-refractivity contribution in [2.75, 3.05) is 0 Å². The van der Waals surface area contributed by atoms with Gasteiger partial charge in [0.25, 0.3) is 0 Å². The molecule has 24 heavy (non-hydrogen) atoms. The van der Waals surface area contributed by atoms with Crippen LogP contribution in [0.2, 0.25) is 0 Å². The van der Waals surface area contributed by atoms with Crippen molar-refractivity contribution in [2.24, 2.45) is 0 Å². The smallest absolute Gasteiger partial charge is 0.131 e. The first-order valence-electron chi connectivity index (χ1n) is 7.97. The molecule has 0 aliphatic rings. The lowest BCUT2D eigenvalue weighted by molar-refractivity contribution is 0.632. The van der Waals surface area contributed by atoms with Gasteiger partial charge in [0.15, 0.2) is 0 Å². The fourth-order valence-corrected chi connectivity index (χ4v) is 2.81. The second kappa shape index (κ2) is 7.50. The molecule has 0 nitrogen and oxygen atoms in total. The number of hydrogen-bond acceptors (Lipinski definition) is 1. The van der Waals surface area contributed by atoms with Gasteiger partial charge < -0.3 is 0 Å². The topological polar surface area (TPSA) is 0 Å². The maximum Gasteiger partial charge on any atom is 0.131 e. The van der Waals surface area contributed by atoms with E-state index in [1.54, 1.807) is 6.07 Å². The van der Waals surface area contributed by atoms with Crippen LogP contribution in [0.1, 0.15) is 12.5 Å². The van der Waals surface area contributed by atoms with Gasteiger partial charge in [-0.2, -0.15) is 0 Å². The largest absolute Gasteiger partial charge is 0.206 e. The van der Waals surface area contributed by atoms with Crippen molar-refractivity contribution in [2.45, 2.75) is 18.2 Å². The summed E-state index contributed by atoms with van der Waals surface area (Å²) in [6.45, 7) is 2.01.